The first-order valence-corrected chi connectivity index (χ1v) is 12.4. The minimum absolute atomic E-state index is 0.0495. The van der Waals surface area contributed by atoms with Gasteiger partial charge in [-0.2, -0.15) is 10.4 Å². The van der Waals surface area contributed by atoms with E-state index in [0.717, 1.165) is 31.5 Å². The van der Waals surface area contributed by atoms with Gasteiger partial charge in [0.05, 0.1) is 24.5 Å². The molecular weight excluding hydrogens is 472 g/mol. The average molecular weight is 503 g/mol. The molecule has 2 aliphatic rings. The summed E-state index contributed by atoms with van der Waals surface area (Å²) in [6, 6.07) is 11.2. The number of amides is 1. The van der Waals surface area contributed by atoms with Crippen molar-refractivity contribution in [3.8, 4) is 23.1 Å². The molecule has 2 fully saturated rings. The average Bonchev–Trinajstić information content (AvgIpc) is 3.29. The second-order valence-corrected chi connectivity index (χ2v) is 9.28. The number of carbonyl (C=O) groups excluding carboxylic acids is 1. The van der Waals surface area contributed by atoms with Gasteiger partial charge in [0.2, 0.25) is 5.95 Å². The number of aromatic nitrogens is 4. The molecule has 0 aliphatic carbocycles. The minimum Gasteiger partial charge on any atom is -0.489 e. The first-order chi connectivity index (χ1) is 18.0. The lowest BCUT2D eigenvalue weighted by atomic mass is 10.1. The molecule has 37 heavy (non-hydrogen) atoms. The van der Waals surface area contributed by atoms with Crippen LogP contribution in [0.2, 0.25) is 0 Å². The van der Waals surface area contributed by atoms with Gasteiger partial charge in [-0.1, -0.05) is 0 Å². The highest BCUT2D eigenvalue weighted by Crippen LogP contribution is 2.28. The second-order valence-electron chi connectivity index (χ2n) is 9.28. The summed E-state index contributed by atoms with van der Waals surface area (Å²) in [5, 5.41) is 17.3. The number of aryl methyl sites for hydroxylation is 1. The Morgan fingerprint density at radius 3 is 2.68 bits per heavy atom. The first kappa shape index (κ1) is 24.7. The van der Waals surface area contributed by atoms with Crippen molar-refractivity contribution in [2.24, 2.45) is 7.05 Å². The monoisotopic (exact) mass is 502 g/mol. The van der Waals surface area contributed by atoms with Crippen LogP contribution in [-0.2, 0) is 11.8 Å². The van der Waals surface area contributed by atoms with Crippen molar-refractivity contribution in [2.45, 2.75) is 18.9 Å². The van der Waals surface area contributed by atoms with E-state index in [9.17, 15) is 10.1 Å². The number of nitriles is 1. The quantitative estimate of drug-likeness (QED) is 0.542. The lowest BCUT2D eigenvalue weighted by Crippen LogP contribution is -2.47. The van der Waals surface area contributed by atoms with E-state index in [4.69, 9.17) is 9.47 Å². The Kier molecular flexibility index (Phi) is 7.30. The number of hydrogen-bond donors (Lipinski definition) is 1. The van der Waals surface area contributed by atoms with Crippen molar-refractivity contribution in [1.29, 1.82) is 5.26 Å². The standard InChI is InChI=1S/C26H30N8O3/c1-32-9-11-34(12-10-32)25(35)22-16-24(33(2)31-22)30-26-28-8-5-21(29-26)18-3-4-23(19(15-18)17-27)37-20-6-13-36-14-7-20/h3-5,8,15-16,20H,6-7,9-14H2,1-2H3,(H,28,29,30). The Morgan fingerprint density at radius 2 is 1.92 bits per heavy atom. The van der Waals surface area contributed by atoms with Crippen LogP contribution in [0, 0.1) is 11.3 Å². The molecule has 2 aromatic heterocycles. The molecule has 0 bridgehead atoms. The van der Waals surface area contributed by atoms with Gasteiger partial charge < -0.3 is 24.6 Å². The molecule has 0 spiro atoms. The maximum atomic E-state index is 12.9. The highest BCUT2D eigenvalue weighted by molar-refractivity contribution is 5.93. The molecular formula is C26H30N8O3. The maximum Gasteiger partial charge on any atom is 0.274 e. The third-order valence-corrected chi connectivity index (χ3v) is 6.64. The fraction of sp³-hybridized carbons (Fsp3) is 0.423. The summed E-state index contributed by atoms with van der Waals surface area (Å²) in [7, 11) is 3.82. The number of likely N-dealkylation sites (N-methyl/N-ethyl adjacent to an activating group) is 1. The fourth-order valence-corrected chi connectivity index (χ4v) is 4.41. The van der Waals surface area contributed by atoms with Crippen molar-refractivity contribution in [3.05, 3.63) is 47.8 Å². The highest BCUT2D eigenvalue weighted by atomic mass is 16.5. The fourth-order valence-electron chi connectivity index (χ4n) is 4.41. The van der Waals surface area contributed by atoms with Crippen LogP contribution < -0.4 is 10.1 Å². The molecule has 0 unspecified atom stereocenters. The molecule has 3 aromatic rings. The summed E-state index contributed by atoms with van der Waals surface area (Å²) in [5.41, 5.74) is 2.26. The zero-order valence-corrected chi connectivity index (χ0v) is 21.1. The van der Waals surface area contributed by atoms with Crippen molar-refractivity contribution in [2.75, 3.05) is 51.8 Å². The van der Waals surface area contributed by atoms with E-state index in [1.807, 2.05) is 17.0 Å². The van der Waals surface area contributed by atoms with E-state index in [1.165, 1.54) is 0 Å². The van der Waals surface area contributed by atoms with E-state index in [2.05, 4.69) is 38.4 Å². The number of piperazine rings is 1. The number of anilines is 2. The van der Waals surface area contributed by atoms with Crippen LogP contribution >= 0.6 is 0 Å². The SMILES string of the molecule is CN1CCN(C(=O)c2cc(Nc3nccc(-c4ccc(OC5CCOCC5)c(C#N)c4)n3)n(C)n2)CC1. The zero-order chi connectivity index (χ0) is 25.8. The highest BCUT2D eigenvalue weighted by Gasteiger charge is 2.23. The lowest BCUT2D eigenvalue weighted by molar-refractivity contribution is 0.0254. The number of nitrogens with one attached hydrogen (secondary N) is 1. The molecule has 0 radical (unpaired) electrons. The van der Waals surface area contributed by atoms with Crippen LogP contribution in [-0.4, -0.2) is 88.0 Å². The van der Waals surface area contributed by atoms with E-state index >= 15 is 0 Å². The minimum atomic E-state index is -0.0847. The molecule has 192 valence electrons. The van der Waals surface area contributed by atoms with Gasteiger partial charge in [-0.25, -0.2) is 9.97 Å². The van der Waals surface area contributed by atoms with Crippen molar-refractivity contribution < 1.29 is 14.3 Å². The zero-order valence-electron chi connectivity index (χ0n) is 21.1. The van der Waals surface area contributed by atoms with Gasteiger partial charge in [0, 0.05) is 63.9 Å². The van der Waals surface area contributed by atoms with Crippen LogP contribution in [0.1, 0.15) is 28.9 Å². The number of ether oxygens (including phenoxy) is 2. The van der Waals surface area contributed by atoms with Crippen LogP contribution in [0.15, 0.2) is 36.5 Å². The Balaban J connectivity index is 1.30. The number of rotatable bonds is 6. The summed E-state index contributed by atoms with van der Waals surface area (Å²) in [5.74, 6) is 1.45. The summed E-state index contributed by atoms with van der Waals surface area (Å²) in [6.07, 6.45) is 3.32. The number of carbonyl (C=O) groups is 1. The maximum absolute atomic E-state index is 12.9. The summed E-state index contributed by atoms with van der Waals surface area (Å²) >= 11 is 0. The van der Waals surface area contributed by atoms with Crippen molar-refractivity contribution in [3.63, 3.8) is 0 Å². The molecule has 11 nitrogen and oxygen atoms in total. The lowest BCUT2D eigenvalue weighted by Gasteiger charge is -2.31. The van der Waals surface area contributed by atoms with Crippen molar-refractivity contribution in [1.82, 2.24) is 29.5 Å². The third-order valence-electron chi connectivity index (χ3n) is 6.64. The van der Waals surface area contributed by atoms with Gasteiger partial charge in [-0.15, -0.1) is 0 Å². The molecule has 5 rings (SSSR count). The van der Waals surface area contributed by atoms with Crippen LogP contribution in [0.4, 0.5) is 11.8 Å². The summed E-state index contributed by atoms with van der Waals surface area (Å²) in [4.78, 5) is 25.9. The molecule has 1 amide bonds. The third kappa shape index (κ3) is 5.71. The normalized spacial score (nSPS) is 16.8. The topological polar surface area (TPSA) is 121 Å². The molecule has 2 saturated heterocycles. The van der Waals surface area contributed by atoms with E-state index < -0.39 is 0 Å². The summed E-state index contributed by atoms with van der Waals surface area (Å²) in [6.45, 7) is 4.40. The molecule has 0 atom stereocenters. The Hall–Kier alpha value is -4.01. The van der Waals surface area contributed by atoms with E-state index in [-0.39, 0.29) is 12.0 Å². The molecule has 4 heterocycles. The molecule has 2 aliphatic heterocycles. The molecule has 11 heteroatoms. The Labute approximate surface area is 215 Å². The van der Waals surface area contributed by atoms with Gasteiger partial charge in [-0.05, 0) is 31.3 Å². The summed E-state index contributed by atoms with van der Waals surface area (Å²) < 4.78 is 13.1. The molecule has 1 aromatic carbocycles. The second kappa shape index (κ2) is 10.9. The Morgan fingerprint density at radius 1 is 1.14 bits per heavy atom. The smallest absolute Gasteiger partial charge is 0.274 e. The predicted octanol–water partition coefficient (Wildman–Crippen LogP) is 2.44. The van der Waals surface area contributed by atoms with Crippen LogP contribution in [0.3, 0.4) is 0 Å². The molecule has 1 N–H and O–H groups in total. The van der Waals surface area contributed by atoms with Gasteiger partial charge >= 0.3 is 0 Å². The van der Waals surface area contributed by atoms with Crippen LogP contribution in [0.25, 0.3) is 11.3 Å². The predicted molar refractivity (Wildman–Crippen MR) is 137 cm³/mol. The van der Waals surface area contributed by atoms with Gasteiger partial charge in [0.25, 0.3) is 5.91 Å². The van der Waals surface area contributed by atoms with Gasteiger partial charge in [0.15, 0.2) is 5.69 Å². The van der Waals surface area contributed by atoms with E-state index in [0.29, 0.717) is 60.8 Å². The number of hydrogen-bond acceptors (Lipinski definition) is 9. The van der Waals surface area contributed by atoms with Crippen LogP contribution in [0.5, 0.6) is 5.75 Å². The van der Waals surface area contributed by atoms with Gasteiger partial charge in [0.1, 0.15) is 23.7 Å². The van der Waals surface area contributed by atoms with E-state index in [1.54, 1.807) is 36.1 Å². The molecule has 0 saturated carbocycles. The van der Waals surface area contributed by atoms with Crippen molar-refractivity contribution >= 4 is 17.7 Å². The first-order valence-electron chi connectivity index (χ1n) is 12.4. The Bertz CT molecular complexity index is 1300. The number of nitrogens with zero attached hydrogens (tertiary/aromatic N) is 7. The van der Waals surface area contributed by atoms with Gasteiger partial charge in [-0.3, -0.25) is 9.48 Å². The largest absolute Gasteiger partial charge is 0.489 e. The number of benzene rings is 1.